The summed E-state index contributed by atoms with van der Waals surface area (Å²) in [6, 6.07) is 9.83. The Morgan fingerprint density at radius 1 is 1.20 bits per heavy atom. The average Bonchev–Trinajstić information content (AvgIpc) is 3.36. The fourth-order valence-corrected chi connectivity index (χ4v) is 3.35. The smallest absolute Gasteiger partial charge is 0.261 e. The van der Waals surface area contributed by atoms with Gasteiger partial charge in [-0.05, 0) is 31.2 Å². The number of anilines is 1. The number of carbonyl (C=O) groups excluding carboxylic acids is 1. The van der Waals surface area contributed by atoms with Gasteiger partial charge in [-0.1, -0.05) is 17.3 Å². The van der Waals surface area contributed by atoms with E-state index in [2.05, 4.69) is 25.0 Å². The second-order valence-corrected chi connectivity index (χ2v) is 6.86. The first-order valence-electron chi connectivity index (χ1n) is 8.64. The number of carbonyl (C=O) groups is 1. The predicted octanol–water partition coefficient (Wildman–Crippen LogP) is 3.63. The summed E-state index contributed by atoms with van der Waals surface area (Å²) in [5, 5.41) is 10.8. The summed E-state index contributed by atoms with van der Waals surface area (Å²) < 4.78 is 38.1. The predicted molar refractivity (Wildman–Crippen MR) is 106 cm³/mol. The first kappa shape index (κ1) is 19.6. The maximum absolute atomic E-state index is 14.1. The summed E-state index contributed by atoms with van der Waals surface area (Å²) in [6.45, 7) is 1.63. The maximum Gasteiger partial charge on any atom is 0.261 e. The maximum atomic E-state index is 14.1. The molecule has 11 heteroatoms. The van der Waals surface area contributed by atoms with Gasteiger partial charge in [0.1, 0.15) is 23.1 Å². The Morgan fingerprint density at radius 3 is 2.80 bits per heavy atom. The molecule has 30 heavy (non-hydrogen) atoms. The average molecular weight is 428 g/mol. The molecule has 0 atom stereocenters. The van der Waals surface area contributed by atoms with Gasteiger partial charge in [0.2, 0.25) is 5.13 Å². The van der Waals surface area contributed by atoms with Gasteiger partial charge in [0.15, 0.2) is 11.5 Å². The number of ether oxygens (including phenoxy) is 1. The molecule has 8 nitrogen and oxygen atoms in total. The summed E-state index contributed by atoms with van der Waals surface area (Å²) in [4.78, 5) is 16.8. The number of methoxy groups -OCH3 is 1. The van der Waals surface area contributed by atoms with E-state index in [0.29, 0.717) is 17.0 Å². The largest absolute Gasteiger partial charge is 0.496 e. The lowest BCUT2D eigenvalue weighted by molar-refractivity contribution is 0.102. The molecule has 0 bridgehead atoms. The summed E-state index contributed by atoms with van der Waals surface area (Å²) in [5.74, 6) is -1.02. The normalized spacial score (nSPS) is 10.8. The highest BCUT2D eigenvalue weighted by Gasteiger charge is 2.20. The third-order valence-corrected chi connectivity index (χ3v) is 4.87. The van der Waals surface area contributed by atoms with Crippen LogP contribution in [0.5, 0.6) is 5.75 Å². The highest BCUT2D eigenvalue weighted by atomic mass is 32.1. The molecule has 2 heterocycles. The number of benzene rings is 2. The summed E-state index contributed by atoms with van der Waals surface area (Å²) >= 11 is 0.955. The Morgan fingerprint density at radius 2 is 2.00 bits per heavy atom. The number of amides is 1. The number of rotatable bonds is 5. The quantitative estimate of drug-likeness (QED) is 0.522. The molecule has 152 valence electrons. The standard InChI is InChI=1S/C19H14F2N6O2S/c1-10-16(24-26-27(10)14-9-11(20)7-8-13(14)21)17-22-19(30-25-17)23-18(28)12-5-3-4-6-15(12)29-2/h3-9H,1-2H3,(H,22,23,25,28). The first-order chi connectivity index (χ1) is 14.5. The van der Waals surface area contributed by atoms with E-state index in [1.165, 1.54) is 11.8 Å². The Kier molecular flexibility index (Phi) is 5.19. The van der Waals surface area contributed by atoms with Gasteiger partial charge >= 0.3 is 0 Å². The second-order valence-electron chi connectivity index (χ2n) is 6.11. The van der Waals surface area contributed by atoms with Gasteiger partial charge < -0.3 is 4.74 Å². The Hall–Kier alpha value is -3.73. The molecule has 0 saturated carbocycles. The lowest BCUT2D eigenvalue weighted by Gasteiger charge is -2.06. The molecular weight excluding hydrogens is 414 g/mol. The molecule has 0 unspecified atom stereocenters. The molecule has 0 fully saturated rings. The van der Waals surface area contributed by atoms with Crippen molar-refractivity contribution in [3.63, 3.8) is 0 Å². The molecule has 2 aromatic carbocycles. The van der Waals surface area contributed by atoms with Crippen molar-refractivity contribution in [2.45, 2.75) is 6.92 Å². The first-order valence-corrected chi connectivity index (χ1v) is 9.41. The van der Waals surface area contributed by atoms with Gasteiger partial charge in [-0.25, -0.2) is 13.5 Å². The SMILES string of the molecule is COc1ccccc1C(=O)Nc1nc(-c2nnn(-c3cc(F)ccc3F)c2C)ns1. The van der Waals surface area contributed by atoms with E-state index >= 15 is 0 Å². The molecule has 1 N–H and O–H groups in total. The topological polar surface area (TPSA) is 94.8 Å². The van der Waals surface area contributed by atoms with Crippen LogP contribution in [0.4, 0.5) is 13.9 Å². The van der Waals surface area contributed by atoms with Gasteiger partial charge in [-0.3, -0.25) is 10.1 Å². The molecule has 0 saturated heterocycles. The van der Waals surface area contributed by atoms with Gasteiger partial charge in [0, 0.05) is 17.6 Å². The number of aromatic nitrogens is 5. The number of nitrogens with one attached hydrogen (secondary N) is 1. The van der Waals surface area contributed by atoms with Crippen molar-refractivity contribution in [1.29, 1.82) is 0 Å². The zero-order chi connectivity index (χ0) is 21.3. The van der Waals surface area contributed by atoms with Crippen LogP contribution in [0.15, 0.2) is 42.5 Å². The molecule has 4 aromatic rings. The number of para-hydroxylation sites is 1. The van der Waals surface area contributed by atoms with E-state index in [4.69, 9.17) is 4.74 Å². The van der Waals surface area contributed by atoms with E-state index in [9.17, 15) is 13.6 Å². The number of hydrogen-bond donors (Lipinski definition) is 1. The van der Waals surface area contributed by atoms with Crippen molar-refractivity contribution < 1.29 is 18.3 Å². The zero-order valence-electron chi connectivity index (χ0n) is 15.8. The minimum Gasteiger partial charge on any atom is -0.496 e. The third kappa shape index (κ3) is 3.62. The van der Waals surface area contributed by atoms with Gasteiger partial charge in [0.05, 0.1) is 18.4 Å². The Bertz CT molecular complexity index is 1240. The molecule has 4 rings (SSSR count). The van der Waals surface area contributed by atoms with E-state index in [0.717, 1.165) is 29.7 Å². The van der Waals surface area contributed by atoms with Crippen molar-refractivity contribution >= 4 is 22.6 Å². The van der Waals surface area contributed by atoms with Crippen LogP contribution in [0.2, 0.25) is 0 Å². The second kappa shape index (κ2) is 7.95. The molecule has 1 amide bonds. The summed E-state index contributed by atoms with van der Waals surface area (Å²) in [6.07, 6.45) is 0. The molecule has 0 aliphatic rings. The van der Waals surface area contributed by atoms with Crippen LogP contribution >= 0.6 is 11.5 Å². The van der Waals surface area contributed by atoms with Crippen molar-refractivity contribution in [2.24, 2.45) is 0 Å². The highest BCUT2D eigenvalue weighted by Crippen LogP contribution is 2.26. The van der Waals surface area contributed by atoms with Crippen molar-refractivity contribution in [3.8, 4) is 23.0 Å². The van der Waals surface area contributed by atoms with Crippen LogP contribution in [-0.4, -0.2) is 37.4 Å². The number of nitrogens with zero attached hydrogens (tertiary/aromatic N) is 5. The molecular formula is C19H14F2N6O2S. The molecule has 0 radical (unpaired) electrons. The monoisotopic (exact) mass is 428 g/mol. The van der Waals surface area contributed by atoms with Crippen molar-refractivity contribution in [3.05, 3.63) is 65.4 Å². The van der Waals surface area contributed by atoms with Crippen LogP contribution < -0.4 is 10.1 Å². The Balaban J connectivity index is 1.60. The van der Waals surface area contributed by atoms with Crippen molar-refractivity contribution in [1.82, 2.24) is 24.4 Å². The van der Waals surface area contributed by atoms with E-state index in [1.54, 1.807) is 31.2 Å². The highest BCUT2D eigenvalue weighted by molar-refractivity contribution is 7.10. The van der Waals surface area contributed by atoms with E-state index < -0.39 is 17.5 Å². The fourth-order valence-electron chi connectivity index (χ4n) is 2.78. The van der Waals surface area contributed by atoms with Crippen LogP contribution in [0, 0.1) is 18.6 Å². The van der Waals surface area contributed by atoms with E-state index in [-0.39, 0.29) is 22.3 Å². The van der Waals surface area contributed by atoms with E-state index in [1.807, 2.05) is 0 Å². The lowest BCUT2D eigenvalue weighted by Crippen LogP contribution is -2.12. The molecule has 0 aliphatic carbocycles. The minimum absolute atomic E-state index is 0.0776. The van der Waals surface area contributed by atoms with Crippen LogP contribution in [-0.2, 0) is 0 Å². The molecule has 0 aliphatic heterocycles. The van der Waals surface area contributed by atoms with Gasteiger partial charge in [0.25, 0.3) is 5.91 Å². The van der Waals surface area contributed by atoms with Crippen LogP contribution in [0.25, 0.3) is 17.2 Å². The third-order valence-electron chi connectivity index (χ3n) is 4.24. The molecule has 2 aromatic heterocycles. The van der Waals surface area contributed by atoms with Crippen molar-refractivity contribution in [2.75, 3.05) is 12.4 Å². The van der Waals surface area contributed by atoms with Gasteiger partial charge in [-0.2, -0.15) is 9.36 Å². The van der Waals surface area contributed by atoms with Crippen LogP contribution in [0.1, 0.15) is 16.1 Å². The summed E-state index contributed by atoms with van der Waals surface area (Å²) in [5.41, 5.74) is 0.972. The summed E-state index contributed by atoms with van der Waals surface area (Å²) in [7, 11) is 1.47. The number of hydrogen-bond acceptors (Lipinski definition) is 7. The minimum atomic E-state index is -0.646. The lowest BCUT2D eigenvalue weighted by atomic mass is 10.2. The fraction of sp³-hybridized carbons (Fsp3) is 0.105. The van der Waals surface area contributed by atoms with Gasteiger partial charge in [-0.15, -0.1) is 5.10 Å². The number of halogens is 2. The zero-order valence-corrected chi connectivity index (χ0v) is 16.6. The van der Waals surface area contributed by atoms with Crippen LogP contribution in [0.3, 0.4) is 0 Å². The molecule has 0 spiro atoms. The Labute approximate surface area is 173 Å².